The summed E-state index contributed by atoms with van der Waals surface area (Å²) in [6.07, 6.45) is 1.03. The van der Waals surface area contributed by atoms with Crippen molar-refractivity contribution in [1.29, 1.82) is 0 Å². The van der Waals surface area contributed by atoms with Crippen LogP contribution in [0.2, 0.25) is 0 Å². The van der Waals surface area contributed by atoms with Crippen molar-refractivity contribution in [3.63, 3.8) is 0 Å². The number of nitrogens with one attached hydrogen (secondary N) is 1. The maximum Gasteiger partial charge on any atom is 0.0798 e. The van der Waals surface area contributed by atoms with E-state index in [2.05, 4.69) is 17.2 Å². The Morgan fingerprint density at radius 3 is 3.00 bits per heavy atom. The zero-order valence-electron chi connectivity index (χ0n) is 8.21. The third-order valence-electron chi connectivity index (χ3n) is 2.06. The minimum Gasteiger partial charge on any atom is -0.330 e. The zero-order valence-corrected chi connectivity index (χ0v) is 9.03. The van der Waals surface area contributed by atoms with Gasteiger partial charge in [-0.05, 0) is 26.8 Å². The van der Waals surface area contributed by atoms with E-state index in [1.165, 1.54) is 4.88 Å². The number of thiazole rings is 1. The molecule has 74 valence electrons. The van der Waals surface area contributed by atoms with E-state index >= 15 is 0 Å². The lowest BCUT2D eigenvalue weighted by atomic mass is 10.2. The van der Waals surface area contributed by atoms with Crippen LogP contribution >= 0.6 is 11.3 Å². The monoisotopic (exact) mass is 199 g/mol. The molecule has 0 aliphatic rings. The second kappa shape index (κ2) is 5.32. The van der Waals surface area contributed by atoms with Crippen molar-refractivity contribution in [2.75, 3.05) is 6.54 Å². The Labute approximate surface area is 83.4 Å². The Hall–Kier alpha value is -0.450. The first kappa shape index (κ1) is 10.6. The van der Waals surface area contributed by atoms with Gasteiger partial charge in [-0.2, -0.15) is 0 Å². The van der Waals surface area contributed by atoms with Gasteiger partial charge in [0.2, 0.25) is 0 Å². The van der Waals surface area contributed by atoms with Gasteiger partial charge in [0.15, 0.2) is 0 Å². The number of nitrogens with two attached hydrogens (primary N) is 1. The van der Waals surface area contributed by atoms with E-state index in [4.69, 9.17) is 5.73 Å². The Balaban J connectivity index is 2.30. The van der Waals surface area contributed by atoms with Crippen LogP contribution in [-0.2, 0) is 6.54 Å². The molecule has 1 aromatic heterocycles. The van der Waals surface area contributed by atoms with Crippen LogP contribution in [-0.4, -0.2) is 17.6 Å². The standard InChI is InChI=1S/C9H17N3S/c1-7(3-4-10)11-5-9-8(2)12-6-13-9/h6-7,11H,3-5,10H2,1-2H3. The van der Waals surface area contributed by atoms with Crippen LogP contribution in [0.3, 0.4) is 0 Å². The first-order valence-corrected chi connectivity index (χ1v) is 5.44. The average molecular weight is 199 g/mol. The van der Waals surface area contributed by atoms with Gasteiger partial charge in [-0.15, -0.1) is 11.3 Å². The highest BCUT2D eigenvalue weighted by Gasteiger charge is 2.03. The second-order valence-corrected chi connectivity index (χ2v) is 4.16. The summed E-state index contributed by atoms with van der Waals surface area (Å²) in [5.74, 6) is 0. The third kappa shape index (κ3) is 3.42. The maximum absolute atomic E-state index is 5.46. The Morgan fingerprint density at radius 2 is 2.46 bits per heavy atom. The van der Waals surface area contributed by atoms with Gasteiger partial charge in [-0.1, -0.05) is 0 Å². The molecule has 0 fully saturated rings. The molecule has 0 spiro atoms. The molecule has 1 aromatic rings. The van der Waals surface area contributed by atoms with E-state index in [0.29, 0.717) is 6.04 Å². The molecule has 1 rings (SSSR count). The van der Waals surface area contributed by atoms with Crippen LogP contribution in [0.4, 0.5) is 0 Å². The Morgan fingerprint density at radius 1 is 1.69 bits per heavy atom. The van der Waals surface area contributed by atoms with Gasteiger partial charge in [0, 0.05) is 17.5 Å². The molecule has 0 amide bonds. The van der Waals surface area contributed by atoms with Gasteiger partial charge in [-0.3, -0.25) is 0 Å². The lowest BCUT2D eigenvalue weighted by molar-refractivity contribution is 0.521. The molecule has 13 heavy (non-hydrogen) atoms. The second-order valence-electron chi connectivity index (χ2n) is 3.22. The molecular weight excluding hydrogens is 182 g/mol. The molecule has 1 unspecified atom stereocenters. The maximum atomic E-state index is 5.46. The fraction of sp³-hybridized carbons (Fsp3) is 0.667. The highest BCUT2D eigenvalue weighted by molar-refractivity contribution is 7.09. The first-order valence-electron chi connectivity index (χ1n) is 4.56. The summed E-state index contributed by atoms with van der Waals surface area (Å²) in [7, 11) is 0. The molecule has 3 N–H and O–H groups in total. The van der Waals surface area contributed by atoms with Crippen molar-refractivity contribution in [3.05, 3.63) is 16.1 Å². The minimum atomic E-state index is 0.492. The number of hydrogen-bond donors (Lipinski definition) is 2. The first-order chi connectivity index (χ1) is 6.24. The number of hydrogen-bond acceptors (Lipinski definition) is 4. The molecule has 0 aliphatic carbocycles. The molecule has 1 atom stereocenters. The van der Waals surface area contributed by atoms with E-state index in [1.54, 1.807) is 11.3 Å². The van der Waals surface area contributed by atoms with Crippen molar-refractivity contribution >= 4 is 11.3 Å². The molecule has 0 saturated heterocycles. The molecule has 0 aromatic carbocycles. The predicted octanol–water partition coefficient (Wildman–Crippen LogP) is 1.28. The van der Waals surface area contributed by atoms with Gasteiger partial charge in [-0.25, -0.2) is 4.98 Å². The number of aromatic nitrogens is 1. The minimum absolute atomic E-state index is 0.492. The van der Waals surface area contributed by atoms with Crippen LogP contribution in [0, 0.1) is 6.92 Å². The van der Waals surface area contributed by atoms with Crippen molar-refractivity contribution in [2.24, 2.45) is 5.73 Å². The summed E-state index contributed by atoms with van der Waals surface area (Å²) in [5, 5.41) is 3.42. The van der Waals surface area contributed by atoms with Crippen LogP contribution in [0.1, 0.15) is 23.9 Å². The molecule has 4 heteroatoms. The Bertz CT molecular complexity index is 247. The van der Waals surface area contributed by atoms with Gasteiger partial charge in [0.05, 0.1) is 11.2 Å². The SMILES string of the molecule is Cc1ncsc1CNC(C)CCN. The van der Waals surface area contributed by atoms with Crippen molar-refractivity contribution in [3.8, 4) is 0 Å². The number of nitrogens with zero attached hydrogens (tertiary/aromatic N) is 1. The Kier molecular flexibility index (Phi) is 4.35. The lowest BCUT2D eigenvalue weighted by Gasteiger charge is -2.11. The molecule has 3 nitrogen and oxygen atoms in total. The summed E-state index contributed by atoms with van der Waals surface area (Å²) in [4.78, 5) is 5.52. The lowest BCUT2D eigenvalue weighted by Crippen LogP contribution is -2.27. The smallest absolute Gasteiger partial charge is 0.0798 e. The summed E-state index contributed by atoms with van der Waals surface area (Å²) >= 11 is 1.70. The van der Waals surface area contributed by atoms with Crippen LogP contribution in [0.25, 0.3) is 0 Å². The summed E-state index contributed by atoms with van der Waals surface area (Å²) in [6.45, 7) is 5.86. The highest BCUT2D eigenvalue weighted by Crippen LogP contribution is 2.11. The van der Waals surface area contributed by atoms with Gasteiger partial charge in [0.25, 0.3) is 0 Å². The van der Waals surface area contributed by atoms with Crippen molar-refractivity contribution < 1.29 is 0 Å². The fourth-order valence-corrected chi connectivity index (χ4v) is 1.84. The van der Waals surface area contributed by atoms with E-state index < -0.39 is 0 Å². The number of aryl methyl sites for hydroxylation is 1. The van der Waals surface area contributed by atoms with Crippen LogP contribution in [0.15, 0.2) is 5.51 Å². The van der Waals surface area contributed by atoms with E-state index in [1.807, 2.05) is 12.4 Å². The quantitative estimate of drug-likeness (QED) is 0.751. The van der Waals surface area contributed by atoms with E-state index in [-0.39, 0.29) is 0 Å². The predicted molar refractivity (Wildman–Crippen MR) is 56.8 cm³/mol. The van der Waals surface area contributed by atoms with Crippen LogP contribution < -0.4 is 11.1 Å². The van der Waals surface area contributed by atoms with Crippen LogP contribution in [0.5, 0.6) is 0 Å². The van der Waals surface area contributed by atoms with Gasteiger partial charge >= 0.3 is 0 Å². The topological polar surface area (TPSA) is 50.9 Å². The zero-order chi connectivity index (χ0) is 9.68. The molecule has 0 aliphatic heterocycles. The normalized spacial score (nSPS) is 13.2. The molecule has 0 radical (unpaired) electrons. The average Bonchev–Trinajstić information content (AvgIpc) is 2.48. The number of rotatable bonds is 5. The highest BCUT2D eigenvalue weighted by atomic mass is 32.1. The van der Waals surface area contributed by atoms with E-state index in [9.17, 15) is 0 Å². The van der Waals surface area contributed by atoms with Gasteiger partial charge < -0.3 is 11.1 Å². The molecule has 0 saturated carbocycles. The molecule has 1 heterocycles. The van der Waals surface area contributed by atoms with Crippen molar-refractivity contribution in [1.82, 2.24) is 10.3 Å². The third-order valence-corrected chi connectivity index (χ3v) is 2.99. The summed E-state index contributed by atoms with van der Waals surface area (Å²) in [6, 6.07) is 0.492. The van der Waals surface area contributed by atoms with Crippen molar-refractivity contribution in [2.45, 2.75) is 32.9 Å². The largest absolute Gasteiger partial charge is 0.330 e. The molecular formula is C9H17N3S. The fourth-order valence-electron chi connectivity index (χ4n) is 1.11. The summed E-state index contributed by atoms with van der Waals surface area (Å²) in [5.41, 5.74) is 8.48. The van der Waals surface area contributed by atoms with Gasteiger partial charge in [0.1, 0.15) is 0 Å². The molecule has 0 bridgehead atoms. The van der Waals surface area contributed by atoms with E-state index in [0.717, 1.165) is 25.2 Å². The summed E-state index contributed by atoms with van der Waals surface area (Å²) < 4.78 is 0.